The molecule has 0 amide bonds. The molecule has 2 N–H and O–H groups in total. The summed E-state index contributed by atoms with van der Waals surface area (Å²) >= 11 is 1.85. The maximum atomic E-state index is 6.03. The number of thioether (sulfide) groups is 1. The second kappa shape index (κ2) is 7.71. The van der Waals surface area contributed by atoms with E-state index < -0.39 is 0 Å². The van der Waals surface area contributed by atoms with Gasteiger partial charge in [0.1, 0.15) is 0 Å². The summed E-state index contributed by atoms with van der Waals surface area (Å²) in [6, 6.07) is 8.44. The lowest BCUT2D eigenvalue weighted by atomic mass is 10.1. The first-order valence-corrected chi connectivity index (χ1v) is 6.82. The van der Waals surface area contributed by atoms with Gasteiger partial charge in [-0.15, -0.1) is 11.8 Å². The van der Waals surface area contributed by atoms with Crippen molar-refractivity contribution in [3.05, 3.63) is 29.8 Å². The lowest BCUT2D eigenvalue weighted by Gasteiger charge is -2.12. The highest BCUT2D eigenvalue weighted by Crippen LogP contribution is 2.20. The van der Waals surface area contributed by atoms with E-state index in [4.69, 9.17) is 10.5 Å². The Hall–Kier alpha value is -0.510. The van der Waals surface area contributed by atoms with Crippen LogP contribution in [0.3, 0.4) is 0 Å². The summed E-state index contributed by atoms with van der Waals surface area (Å²) in [6.45, 7) is 5.65. The van der Waals surface area contributed by atoms with E-state index in [0.717, 1.165) is 24.3 Å². The van der Waals surface area contributed by atoms with Crippen LogP contribution in [0.15, 0.2) is 29.2 Å². The summed E-state index contributed by atoms with van der Waals surface area (Å²) in [7, 11) is 0. The normalized spacial score (nSPS) is 12.7. The van der Waals surface area contributed by atoms with Crippen LogP contribution in [0, 0.1) is 0 Å². The maximum Gasteiger partial charge on any atom is 0.0659 e. The summed E-state index contributed by atoms with van der Waals surface area (Å²) in [5, 5.41) is 0. The first-order chi connectivity index (χ1) is 7.77. The molecule has 0 aromatic heterocycles. The van der Waals surface area contributed by atoms with Crippen LogP contribution in [-0.4, -0.2) is 19.0 Å². The summed E-state index contributed by atoms with van der Waals surface area (Å²) in [4.78, 5) is 1.30. The smallest absolute Gasteiger partial charge is 0.0659 e. The molecule has 0 heterocycles. The van der Waals surface area contributed by atoms with Crippen LogP contribution in [0.25, 0.3) is 0 Å². The van der Waals surface area contributed by atoms with Gasteiger partial charge in [-0.25, -0.2) is 0 Å². The zero-order chi connectivity index (χ0) is 11.8. The van der Waals surface area contributed by atoms with Crippen LogP contribution in [-0.2, 0) is 4.74 Å². The van der Waals surface area contributed by atoms with Crippen LogP contribution < -0.4 is 5.73 Å². The van der Waals surface area contributed by atoms with Gasteiger partial charge in [0.25, 0.3) is 0 Å². The van der Waals surface area contributed by atoms with Crippen molar-refractivity contribution in [1.29, 1.82) is 0 Å². The van der Waals surface area contributed by atoms with Crippen LogP contribution in [0.1, 0.15) is 31.9 Å². The van der Waals surface area contributed by atoms with E-state index in [1.807, 2.05) is 11.8 Å². The predicted octanol–water partition coefficient (Wildman–Crippen LogP) is 3.23. The van der Waals surface area contributed by atoms with E-state index in [1.54, 1.807) is 0 Å². The topological polar surface area (TPSA) is 35.2 Å². The summed E-state index contributed by atoms with van der Waals surface area (Å²) < 4.78 is 5.45. The third kappa shape index (κ3) is 4.56. The van der Waals surface area contributed by atoms with Crippen LogP contribution >= 0.6 is 11.8 Å². The van der Waals surface area contributed by atoms with Gasteiger partial charge in [-0.3, -0.25) is 0 Å². The van der Waals surface area contributed by atoms with Crippen molar-refractivity contribution in [3.8, 4) is 0 Å². The second-order valence-corrected chi connectivity index (χ2v) is 5.02. The molecule has 0 spiro atoms. The zero-order valence-electron chi connectivity index (χ0n) is 10.1. The van der Waals surface area contributed by atoms with Gasteiger partial charge in [-0.2, -0.15) is 0 Å². The first-order valence-electron chi connectivity index (χ1n) is 5.84. The Morgan fingerprint density at radius 3 is 2.50 bits per heavy atom. The monoisotopic (exact) mass is 239 g/mol. The zero-order valence-corrected chi connectivity index (χ0v) is 10.9. The van der Waals surface area contributed by atoms with Crippen molar-refractivity contribution in [3.63, 3.8) is 0 Å². The molecule has 0 aliphatic rings. The Labute approximate surface area is 103 Å². The van der Waals surface area contributed by atoms with Gasteiger partial charge >= 0.3 is 0 Å². The molecule has 0 bridgehead atoms. The summed E-state index contributed by atoms with van der Waals surface area (Å²) in [5.74, 6) is 1.10. The fourth-order valence-corrected chi connectivity index (χ4v) is 2.09. The molecule has 0 saturated heterocycles. The highest BCUT2D eigenvalue weighted by molar-refractivity contribution is 7.99. The van der Waals surface area contributed by atoms with Gasteiger partial charge in [0.15, 0.2) is 0 Å². The van der Waals surface area contributed by atoms with E-state index in [1.165, 1.54) is 4.90 Å². The van der Waals surface area contributed by atoms with Crippen molar-refractivity contribution in [2.24, 2.45) is 5.73 Å². The molecular formula is C13H21NOS. The third-order valence-corrected chi connectivity index (χ3v) is 3.16. The standard InChI is InChI=1S/C13H21NOS/c1-3-9-15-10-13(14)11-5-7-12(8-6-11)16-4-2/h5-8,13H,3-4,9-10,14H2,1-2H3. The van der Waals surface area contributed by atoms with Crippen molar-refractivity contribution in [2.45, 2.75) is 31.2 Å². The molecule has 1 atom stereocenters. The number of hydrogen-bond donors (Lipinski definition) is 1. The Bertz CT molecular complexity index is 286. The SMILES string of the molecule is CCCOCC(N)c1ccc(SCC)cc1. The molecule has 0 fully saturated rings. The lowest BCUT2D eigenvalue weighted by Crippen LogP contribution is -2.17. The second-order valence-electron chi connectivity index (χ2n) is 3.68. The van der Waals surface area contributed by atoms with Crippen molar-refractivity contribution >= 4 is 11.8 Å². The highest BCUT2D eigenvalue weighted by Gasteiger charge is 2.05. The molecule has 2 nitrogen and oxygen atoms in total. The molecular weight excluding hydrogens is 218 g/mol. The van der Waals surface area contributed by atoms with E-state index in [9.17, 15) is 0 Å². The number of nitrogens with two attached hydrogens (primary N) is 1. The van der Waals surface area contributed by atoms with Crippen LogP contribution in [0.5, 0.6) is 0 Å². The Kier molecular flexibility index (Phi) is 6.53. The molecule has 16 heavy (non-hydrogen) atoms. The van der Waals surface area contributed by atoms with Crippen molar-refractivity contribution < 1.29 is 4.74 Å². The minimum Gasteiger partial charge on any atom is -0.379 e. The van der Waals surface area contributed by atoms with E-state index >= 15 is 0 Å². The number of ether oxygens (including phenoxy) is 1. The Morgan fingerprint density at radius 2 is 1.94 bits per heavy atom. The summed E-state index contributed by atoms with van der Waals surface area (Å²) in [5.41, 5.74) is 7.18. The number of benzene rings is 1. The minimum absolute atomic E-state index is 0.00720. The van der Waals surface area contributed by atoms with Gasteiger partial charge < -0.3 is 10.5 Å². The molecule has 0 radical (unpaired) electrons. The molecule has 1 aromatic carbocycles. The third-order valence-electron chi connectivity index (χ3n) is 2.27. The molecule has 0 aliphatic carbocycles. The average molecular weight is 239 g/mol. The minimum atomic E-state index is -0.00720. The predicted molar refractivity (Wildman–Crippen MR) is 70.9 cm³/mol. The van der Waals surface area contributed by atoms with Gasteiger partial charge in [0.2, 0.25) is 0 Å². The lowest BCUT2D eigenvalue weighted by molar-refractivity contribution is 0.121. The van der Waals surface area contributed by atoms with Gasteiger partial charge in [-0.05, 0) is 29.9 Å². The van der Waals surface area contributed by atoms with E-state index in [-0.39, 0.29) is 6.04 Å². The maximum absolute atomic E-state index is 6.03. The fraction of sp³-hybridized carbons (Fsp3) is 0.538. The Balaban J connectivity index is 2.46. The fourth-order valence-electron chi connectivity index (χ4n) is 1.43. The number of hydrogen-bond acceptors (Lipinski definition) is 3. The Morgan fingerprint density at radius 1 is 1.25 bits per heavy atom. The average Bonchev–Trinajstić information content (AvgIpc) is 2.30. The molecule has 90 valence electrons. The number of rotatable bonds is 7. The molecule has 0 saturated carbocycles. The first kappa shape index (κ1) is 13.6. The van der Waals surface area contributed by atoms with Crippen molar-refractivity contribution in [2.75, 3.05) is 19.0 Å². The quantitative estimate of drug-likeness (QED) is 0.586. The molecule has 1 unspecified atom stereocenters. The molecule has 1 rings (SSSR count). The van der Waals surface area contributed by atoms with Crippen LogP contribution in [0.2, 0.25) is 0 Å². The molecule has 1 aromatic rings. The molecule has 0 aliphatic heterocycles. The molecule has 3 heteroatoms. The van der Waals surface area contributed by atoms with Gasteiger partial charge in [0.05, 0.1) is 12.6 Å². The van der Waals surface area contributed by atoms with Gasteiger partial charge in [-0.1, -0.05) is 26.0 Å². The highest BCUT2D eigenvalue weighted by atomic mass is 32.2. The van der Waals surface area contributed by atoms with E-state index in [0.29, 0.717) is 6.61 Å². The van der Waals surface area contributed by atoms with E-state index in [2.05, 4.69) is 38.1 Å². The largest absolute Gasteiger partial charge is 0.379 e. The van der Waals surface area contributed by atoms with Crippen molar-refractivity contribution in [1.82, 2.24) is 0 Å². The summed E-state index contributed by atoms with van der Waals surface area (Å²) in [6.07, 6.45) is 1.04. The van der Waals surface area contributed by atoms with Gasteiger partial charge in [0, 0.05) is 11.5 Å². The van der Waals surface area contributed by atoms with Crippen LogP contribution in [0.4, 0.5) is 0 Å².